The molecule has 118 valence electrons. The number of nitrogens with zero attached hydrogens (tertiary/aromatic N) is 3. The Morgan fingerprint density at radius 3 is 2.70 bits per heavy atom. The van der Waals surface area contributed by atoms with Gasteiger partial charge in [0.2, 0.25) is 0 Å². The Morgan fingerprint density at radius 1 is 1.30 bits per heavy atom. The summed E-state index contributed by atoms with van der Waals surface area (Å²) in [6, 6.07) is 10.1. The van der Waals surface area contributed by atoms with Crippen molar-refractivity contribution in [1.82, 2.24) is 15.1 Å². The predicted molar refractivity (Wildman–Crippen MR) is 81.8 cm³/mol. The van der Waals surface area contributed by atoms with Gasteiger partial charge in [0, 0.05) is 18.9 Å². The zero-order valence-corrected chi connectivity index (χ0v) is 12.4. The lowest BCUT2D eigenvalue weighted by Gasteiger charge is -2.07. The number of ether oxygens (including phenoxy) is 1. The number of nitriles is 1. The Kier molecular flexibility index (Phi) is 5.30. The number of carbonyl (C=O) groups is 2. The van der Waals surface area contributed by atoms with Crippen molar-refractivity contribution in [2.75, 3.05) is 19.0 Å². The predicted octanol–water partition coefficient (Wildman–Crippen LogP) is 0.784. The van der Waals surface area contributed by atoms with Crippen LogP contribution in [0.2, 0.25) is 0 Å². The highest BCUT2D eigenvalue weighted by atomic mass is 16.5. The highest BCUT2D eigenvalue weighted by molar-refractivity contribution is 6.02. The third-order valence-electron chi connectivity index (χ3n) is 2.87. The lowest BCUT2D eigenvalue weighted by atomic mass is 10.3. The Morgan fingerprint density at radius 2 is 2.04 bits per heavy atom. The SMILES string of the molecule is CNC(=O)COc1ccc(NC(=O)c2ccn(CC#N)n2)cc1. The van der Waals surface area contributed by atoms with Gasteiger partial charge in [0.15, 0.2) is 12.3 Å². The summed E-state index contributed by atoms with van der Waals surface area (Å²) in [6.07, 6.45) is 1.56. The number of likely N-dealkylation sites (N-methyl/N-ethyl adjacent to an activating group) is 1. The first-order chi connectivity index (χ1) is 11.1. The van der Waals surface area contributed by atoms with Crippen molar-refractivity contribution in [3.05, 3.63) is 42.2 Å². The molecule has 0 aliphatic heterocycles. The molecular weight excluding hydrogens is 298 g/mol. The Bertz CT molecular complexity index is 730. The maximum atomic E-state index is 12.0. The highest BCUT2D eigenvalue weighted by Gasteiger charge is 2.10. The molecule has 0 aliphatic rings. The van der Waals surface area contributed by atoms with Gasteiger partial charge in [0.05, 0.1) is 6.07 Å². The second kappa shape index (κ2) is 7.61. The van der Waals surface area contributed by atoms with Crippen LogP contribution < -0.4 is 15.4 Å². The van der Waals surface area contributed by atoms with E-state index in [0.717, 1.165) is 0 Å². The summed E-state index contributed by atoms with van der Waals surface area (Å²) in [6.45, 7) is 0.0171. The number of anilines is 1. The van der Waals surface area contributed by atoms with E-state index in [4.69, 9.17) is 10.00 Å². The van der Waals surface area contributed by atoms with E-state index in [9.17, 15) is 9.59 Å². The van der Waals surface area contributed by atoms with Crippen molar-refractivity contribution in [3.63, 3.8) is 0 Å². The molecule has 0 saturated carbocycles. The van der Waals surface area contributed by atoms with Crippen LogP contribution in [0.1, 0.15) is 10.5 Å². The van der Waals surface area contributed by atoms with E-state index in [0.29, 0.717) is 11.4 Å². The average molecular weight is 313 g/mol. The Balaban J connectivity index is 1.93. The molecule has 2 aromatic rings. The fraction of sp³-hybridized carbons (Fsp3) is 0.200. The van der Waals surface area contributed by atoms with Gasteiger partial charge in [-0.1, -0.05) is 0 Å². The van der Waals surface area contributed by atoms with Crippen molar-refractivity contribution in [2.45, 2.75) is 6.54 Å². The monoisotopic (exact) mass is 313 g/mol. The minimum Gasteiger partial charge on any atom is -0.484 e. The fourth-order valence-corrected chi connectivity index (χ4v) is 1.69. The molecule has 1 heterocycles. The van der Waals surface area contributed by atoms with Crippen LogP contribution in [0.3, 0.4) is 0 Å². The average Bonchev–Trinajstić information content (AvgIpc) is 3.03. The van der Waals surface area contributed by atoms with Crippen molar-refractivity contribution in [1.29, 1.82) is 5.26 Å². The van der Waals surface area contributed by atoms with Gasteiger partial charge >= 0.3 is 0 Å². The first-order valence-corrected chi connectivity index (χ1v) is 6.77. The molecule has 23 heavy (non-hydrogen) atoms. The smallest absolute Gasteiger partial charge is 0.276 e. The van der Waals surface area contributed by atoms with Crippen LogP contribution in [-0.4, -0.2) is 35.2 Å². The topological polar surface area (TPSA) is 109 Å². The summed E-state index contributed by atoms with van der Waals surface area (Å²) in [5.74, 6) is -0.0825. The summed E-state index contributed by atoms with van der Waals surface area (Å²) in [7, 11) is 1.53. The fourth-order valence-electron chi connectivity index (χ4n) is 1.69. The minimum atomic E-state index is -0.374. The molecule has 2 N–H and O–H groups in total. The molecule has 8 nitrogen and oxygen atoms in total. The lowest BCUT2D eigenvalue weighted by Crippen LogP contribution is -2.24. The summed E-state index contributed by atoms with van der Waals surface area (Å²) in [5, 5.41) is 17.7. The molecule has 0 fully saturated rings. The molecule has 2 rings (SSSR count). The van der Waals surface area contributed by atoms with E-state index >= 15 is 0 Å². The van der Waals surface area contributed by atoms with Crippen LogP contribution in [-0.2, 0) is 11.3 Å². The van der Waals surface area contributed by atoms with E-state index < -0.39 is 0 Å². The van der Waals surface area contributed by atoms with Crippen molar-refractivity contribution in [3.8, 4) is 11.8 Å². The highest BCUT2D eigenvalue weighted by Crippen LogP contribution is 2.16. The number of amides is 2. The van der Waals surface area contributed by atoms with Gasteiger partial charge in [-0.05, 0) is 30.3 Å². The number of nitrogens with one attached hydrogen (secondary N) is 2. The van der Waals surface area contributed by atoms with Gasteiger partial charge in [0.1, 0.15) is 12.3 Å². The minimum absolute atomic E-state index is 0.0709. The van der Waals surface area contributed by atoms with Crippen LogP contribution in [0.25, 0.3) is 0 Å². The lowest BCUT2D eigenvalue weighted by molar-refractivity contribution is -0.122. The van der Waals surface area contributed by atoms with Crippen LogP contribution in [0, 0.1) is 11.3 Å². The first-order valence-electron chi connectivity index (χ1n) is 6.77. The Hall–Kier alpha value is -3.34. The molecule has 1 aromatic heterocycles. The maximum absolute atomic E-state index is 12.0. The van der Waals surface area contributed by atoms with Gasteiger partial charge in [-0.15, -0.1) is 0 Å². The molecule has 0 unspecified atom stereocenters. The van der Waals surface area contributed by atoms with Crippen molar-refractivity contribution >= 4 is 17.5 Å². The third kappa shape index (κ3) is 4.57. The molecule has 0 spiro atoms. The second-order valence-corrected chi connectivity index (χ2v) is 4.50. The van der Waals surface area contributed by atoms with Crippen molar-refractivity contribution < 1.29 is 14.3 Å². The Labute approximate surface area is 132 Å². The molecule has 0 radical (unpaired) electrons. The van der Waals surface area contributed by atoms with Gasteiger partial charge in [0.25, 0.3) is 11.8 Å². The van der Waals surface area contributed by atoms with Gasteiger partial charge < -0.3 is 15.4 Å². The number of hydrogen-bond donors (Lipinski definition) is 2. The largest absolute Gasteiger partial charge is 0.484 e. The quantitative estimate of drug-likeness (QED) is 0.819. The molecule has 0 atom stereocenters. The van der Waals surface area contributed by atoms with Crippen LogP contribution >= 0.6 is 0 Å². The van der Waals surface area contributed by atoms with E-state index in [1.807, 2.05) is 6.07 Å². The first kappa shape index (κ1) is 16.0. The van der Waals surface area contributed by atoms with Gasteiger partial charge in [-0.3, -0.25) is 14.3 Å². The van der Waals surface area contributed by atoms with E-state index in [2.05, 4.69) is 15.7 Å². The van der Waals surface area contributed by atoms with Crippen molar-refractivity contribution in [2.24, 2.45) is 0 Å². The summed E-state index contributed by atoms with van der Waals surface area (Å²) in [4.78, 5) is 23.1. The summed E-state index contributed by atoms with van der Waals surface area (Å²) < 4.78 is 6.64. The number of hydrogen-bond acceptors (Lipinski definition) is 5. The summed E-state index contributed by atoms with van der Waals surface area (Å²) >= 11 is 0. The zero-order chi connectivity index (χ0) is 16.7. The number of rotatable bonds is 6. The standard InChI is InChI=1S/C15H15N5O3/c1-17-14(21)10-23-12-4-2-11(3-5-12)18-15(22)13-6-8-20(19-13)9-7-16/h2-6,8H,9-10H2,1H3,(H,17,21)(H,18,22). The third-order valence-corrected chi connectivity index (χ3v) is 2.87. The number of carbonyl (C=O) groups excluding carboxylic acids is 2. The normalized spacial score (nSPS) is 9.74. The molecule has 0 bridgehead atoms. The molecule has 0 aliphatic carbocycles. The van der Waals surface area contributed by atoms with E-state index in [1.165, 1.54) is 17.8 Å². The van der Waals surface area contributed by atoms with Gasteiger partial charge in [-0.25, -0.2) is 0 Å². The molecule has 2 amide bonds. The van der Waals surface area contributed by atoms with Crippen LogP contribution in [0.5, 0.6) is 5.75 Å². The van der Waals surface area contributed by atoms with E-state index in [1.54, 1.807) is 30.5 Å². The molecule has 8 heteroatoms. The summed E-state index contributed by atoms with van der Waals surface area (Å²) in [5.41, 5.74) is 0.789. The zero-order valence-electron chi connectivity index (χ0n) is 12.4. The molecule has 1 aromatic carbocycles. The molecule has 0 saturated heterocycles. The molecular formula is C15H15N5O3. The van der Waals surface area contributed by atoms with Crippen LogP contribution in [0.4, 0.5) is 5.69 Å². The number of benzene rings is 1. The van der Waals surface area contributed by atoms with Gasteiger partial charge in [-0.2, -0.15) is 10.4 Å². The number of aromatic nitrogens is 2. The van der Waals surface area contributed by atoms with Crippen LogP contribution in [0.15, 0.2) is 36.5 Å². The maximum Gasteiger partial charge on any atom is 0.276 e. The van der Waals surface area contributed by atoms with E-state index in [-0.39, 0.29) is 30.7 Å². The second-order valence-electron chi connectivity index (χ2n) is 4.50.